The molecule has 0 fully saturated rings. The molecular weight excluding hydrogens is 214 g/mol. The van der Waals surface area contributed by atoms with Crippen molar-refractivity contribution in [2.75, 3.05) is 6.26 Å². The topological polar surface area (TPSA) is 12.9 Å². The van der Waals surface area contributed by atoms with Gasteiger partial charge in [-0.05, 0) is 29.4 Å². The van der Waals surface area contributed by atoms with Gasteiger partial charge in [-0.1, -0.05) is 41.5 Å². The summed E-state index contributed by atoms with van der Waals surface area (Å²) in [5, 5.41) is 1.12. The first-order chi connectivity index (χ1) is 7.14. The third-order valence-electron chi connectivity index (χ3n) is 2.65. The van der Waals surface area contributed by atoms with E-state index in [-0.39, 0.29) is 10.8 Å². The molecule has 0 aromatic carbocycles. The fourth-order valence-electron chi connectivity index (χ4n) is 1.43. The van der Waals surface area contributed by atoms with Crippen molar-refractivity contribution in [3.63, 3.8) is 0 Å². The Morgan fingerprint density at radius 2 is 1.50 bits per heavy atom. The van der Waals surface area contributed by atoms with Gasteiger partial charge in [-0.15, -0.1) is 11.8 Å². The maximum Gasteiger partial charge on any atom is 0.0963 e. The minimum absolute atomic E-state index is 0.117. The average Bonchev–Trinajstić information content (AvgIpc) is 2.14. The Balaban J connectivity index is 3.33. The molecule has 0 saturated heterocycles. The maximum atomic E-state index is 4.70. The van der Waals surface area contributed by atoms with E-state index < -0.39 is 0 Å². The highest BCUT2D eigenvalue weighted by molar-refractivity contribution is 7.98. The van der Waals surface area contributed by atoms with E-state index in [4.69, 9.17) is 4.98 Å². The Morgan fingerprint density at radius 1 is 0.938 bits per heavy atom. The molecule has 1 rings (SSSR count). The standard InChI is InChI=1S/C14H23NS/c1-13(2,3)10-8-11(14(4,5)6)15-12(9-10)16-7/h8-9H,1-7H3. The first-order valence-electron chi connectivity index (χ1n) is 5.71. The molecule has 0 aliphatic carbocycles. The highest BCUT2D eigenvalue weighted by atomic mass is 32.2. The minimum atomic E-state index is 0.117. The van der Waals surface area contributed by atoms with Crippen LogP contribution in [0.15, 0.2) is 17.2 Å². The van der Waals surface area contributed by atoms with Gasteiger partial charge in [-0.2, -0.15) is 0 Å². The summed E-state index contributed by atoms with van der Waals surface area (Å²) in [6.45, 7) is 13.4. The summed E-state index contributed by atoms with van der Waals surface area (Å²) in [6.07, 6.45) is 2.08. The highest BCUT2D eigenvalue weighted by Gasteiger charge is 2.21. The van der Waals surface area contributed by atoms with Gasteiger partial charge in [0.25, 0.3) is 0 Å². The van der Waals surface area contributed by atoms with Crippen LogP contribution in [-0.2, 0) is 10.8 Å². The summed E-state index contributed by atoms with van der Waals surface area (Å²) in [5.41, 5.74) is 2.86. The Labute approximate surface area is 104 Å². The zero-order valence-corrected chi connectivity index (χ0v) is 12.3. The van der Waals surface area contributed by atoms with E-state index in [1.807, 2.05) is 0 Å². The molecule has 1 aromatic heterocycles. The van der Waals surface area contributed by atoms with Crippen LogP contribution in [0.3, 0.4) is 0 Å². The van der Waals surface area contributed by atoms with Crippen molar-refractivity contribution < 1.29 is 0 Å². The molecule has 0 N–H and O–H groups in total. The number of hydrogen-bond acceptors (Lipinski definition) is 2. The van der Waals surface area contributed by atoms with E-state index in [0.29, 0.717) is 0 Å². The number of aromatic nitrogens is 1. The van der Waals surface area contributed by atoms with Crippen LogP contribution in [0.25, 0.3) is 0 Å². The van der Waals surface area contributed by atoms with Crippen molar-refractivity contribution in [3.8, 4) is 0 Å². The van der Waals surface area contributed by atoms with Crippen LogP contribution in [0.1, 0.15) is 52.8 Å². The van der Waals surface area contributed by atoms with Gasteiger partial charge in [-0.25, -0.2) is 4.98 Å². The molecule has 0 aliphatic rings. The second kappa shape index (κ2) is 4.40. The molecule has 2 heteroatoms. The van der Waals surface area contributed by atoms with Gasteiger partial charge in [-0.3, -0.25) is 0 Å². The zero-order chi connectivity index (χ0) is 12.6. The van der Waals surface area contributed by atoms with E-state index in [1.165, 1.54) is 11.3 Å². The Kier molecular flexibility index (Phi) is 3.73. The van der Waals surface area contributed by atoms with Gasteiger partial charge in [0, 0.05) is 11.1 Å². The van der Waals surface area contributed by atoms with E-state index in [1.54, 1.807) is 11.8 Å². The molecule has 0 saturated carbocycles. The lowest BCUT2D eigenvalue weighted by atomic mass is 9.84. The van der Waals surface area contributed by atoms with E-state index in [9.17, 15) is 0 Å². The SMILES string of the molecule is CSc1cc(C(C)(C)C)cc(C(C)(C)C)n1. The predicted molar refractivity (Wildman–Crippen MR) is 73.4 cm³/mol. The van der Waals surface area contributed by atoms with Crippen LogP contribution in [0.5, 0.6) is 0 Å². The maximum absolute atomic E-state index is 4.70. The second-order valence-electron chi connectivity index (χ2n) is 6.28. The molecule has 90 valence electrons. The molecule has 1 nitrogen and oxygen atoms in total. The van der Waals surface area contributed by atoms with Gasteiger partial charge >= 0.3 is 0 Å². The summed E-state index contributed by atoms with van der Waals surface area (Å²) in [6, 6.07) is 4.46. The zero-order valence-electron chi connectivity index (χ0n) is 11.5. The van der Waals surface area contributed by atoms with Gasteiger partial charge < -0.3 is 0 Å². The van der Waals surface area contributed by atoms with E-state index in [0.717, 1.165) is 5.03 Å². The summed E-state index contributed by atoms with van der Waals surface area (Å²) in [7, 11) is 0. The second-order valence-corrected chi connectivity index (χ2v) is 7.11. The van der Waals surface area contributed by atoms with Crippen LogP contribution >= 0.6 is 11.8 Å². The smallest absolute Gasteiger partial charge is 0.0963 e. The molecule has 16 heavy (non-hydrogen) atoms. The predicted octanol–water partition coefficient (Wildman–Crippen LogP) is 4.40. The van der Waals surface area contributed by atoms with Crippen LogP contribution in [0.4, 0.5) is 0 Å². The molecule has 0 spiro atoms. The molecule has 0 amide bonds. The van der Waals surface area contributed by atoms with Crippen molar-refractivity contribution in [1.82, 2.24) is 4.98 Å². The largest absolute Gasteiger partial charge is 0.246 e. The van der Waals surface area contributed by atoms with Crippen molar-refractivity contribution in [2.24, 2.45) is 0 Å². The lowest BCUT2D eigenvalue weighted by Crippen LogP contribution is -2.18. The third kappa shape index (κ3) is 3.24. The van der Waals surface area contributed by atoms with Crippen molar-refractivity contribution in [3.05, 3.63) is 23.4 Å². The Hall–Kier alpha value is -0.500. The first-order valence-corrected chi connectivity index (χ1v) is 6.94. The van der Waals surface area contributed by atoms with Crippen LogP contribution in [0, 0.1) is 0 Å². The highest BCUT2D eigenvalue weighted by Crippen LogP contribution is 2.30. The number of hydrogen-bond donors (Lipinski definition) is 0. The summed E-state index contributed by atoms with van der Waals surface area (Å²) < 4.78 is 0. The molecule has 0 bridgehead atoms. The van der Waals surface area contributed by atoms with Gasteiger partial charge in [0.15, 0.2) is 0 Å². The van der Waals surface area contributed by atoms with Gasteiger partial charge in [0.1, 0.15) is 0 Å². The van der Waals surface area contributed by atoms with Crippen molar-refractivity contribution >= 4 is 11.8 Å². The van der Waals surface area contributed by atoms with E-state index >= 15 is 0 Å². The Bertz CT molecular complexity index is 337. The summed E-state index contributed by atoms with van der Waals surface area (Å²) in [5.74, 6) is 0. The molecule has 0 atom stereocenters. The van der Waals surface area contributed by atoms with Gasteiger partial charge in [0.05, 0.1) is 5.03 Å². The molecule has 0 unspecified atom stereocenters. The molecule has 1 aromatic rings. The number of pyridine rings is 1. The normalized spacial score (nSPS) is 12.9. The number of rotatable bonds is 1. The average molecular weight is 237 g/mol. The third-order valence-corrected chi connectivity index (χ3v) is 3.27. The molecular formula is C14H23NS. The van der Waals surface area contributed by atoms with Crippen molar-refractivity contribution in [1.29, 1.82) is 0 Å². The quantitative estimate of drug-likeness (QED) is 0.672. The van der Waals surface area contributed by atoms with Gasteiger partial charge in [0.2, 0.25) is 0 Å². The number of nitrogens with zero attached hydrogens (tertiary/aromatic N) is 1. The van der Waals surface area contributed by atoms with Crippen molar-refractivity contribution in [2.45, 2.75) is 57.4 Å². The lowest BCUT2D eigenvalue weighted by molar-refractivity contribution is 0.545. The Morgan fingerprint density at radius 3 is 1.88 bits per heavy atom. The minimum Gasteiger partial charge on any atom is -0.246 e. The number of thioether (sulfide) groups is 1. The molecule has 1 heterocycles. The van der Waals surface area contributed by atoms with Crippen LogP contribution in [-0.4, -0.2) is 11.2 Å². The van der Waals surface area contributed by atoms with Crippen LogP contribution in [0.2, 0.25) is 0 Å². The fourth-order valence-corrected chi connectivity index (χ4v) is 1.86. The van der Waals surface area contributed by atoms with Crippen LogP contribution < -0.4 is 0 Å². The monoisotopic (exact) mass is 237 g/mol. The first kappa shape index (κ1) is 13.6. The lowest BCUT2D eigenvalue weighted by Gasteiger charge is -2.24. The fraction of sp³-hybridized carbons (Fsp3) is 0.643. The summed E-state index contributed by atoms with van der Waals surface area (Å²) in [4.78, 5) is 4.70. The van der Waals surface area contributed by atoms with E-state index in [2.05, 4.69) is 59.9 Å². The molecule has 0 radical (unpaired) electrons. The molecule has 0 aliphatic heterocycles. The summed E-state index contributed by atoms with van der Waals surface area (Å²) >= 11 is 1.72.